The number of methoxy groups -OCH3 is 1. The van der Waals surface area contributed by atoms with Crippen LogP contribution in [0.4, 0.5) is 5.69 Å². The van der Waals surface area contributed by atoms with Crippen molar-refractivity contribution in [3.8, 4) is 0 Å². The minimum Gasteiger partial charge on any atom is -0.467 e. The molecule has 0 fully saturated rings. The molecule has 0 saturated heterocycles. The summed E-state index contributed by atoms with van der Waals surface area (Å²) in [6.07, 6.45) is 0. The van der Waals surface area contributed by atoms with Crippen LogP contribution in [-0.2, 0) is 14.3 Å². The van der Waals surface area contributed by atoms with Gasteiger partial charge in [-0.2, -0.15) is 0 Å². The second kappa shape index (κ2) is 7.20. The molecule has 0 aromatic heterocycles. The predicted molar refractivity (Wildman–Crippen MR) is 77.3 cm³/mol. The molecule has 2 N–H and O–H groups in total. The lowest BCUT2D eigenvalue weighted by Gasteiger charge is -2.12. The number of hydrogen-bond acceptors (Lipinski definition) is 4. The van der Waals surface area contributed by atoms with Crippen molar-refractivity contribution >= 4 is 40.2 Å². The van der Waals surface area contributed by atoms with Gasteiger partial charge in [0.1, 0.15) is 6.04 Å². The van der Waals surface area contributed by atoms with E-state index < -0.39 is 12.0 Å². The van der Waals surface area contributed by atoms with E-state index in [2.05, 4.69) is 38.0 Å². The standard InChI is InChI=1S/C12H15IN2O3/c1-8(12(17)18-2)15-11(16)7-14-10-5-3-9(13)4-6-10/h3-6,8,14H,7H2,1-2H3,(H,15,16)/t8-/m0/s1. The molecular formula is C12H15IN2O3. The van der Waals surface area contributed by atoms with E-state index in [9.17, 15) is 9.59 Å². The predicted octanol–water partition coefficient (Wildman–Crippen LogP) is 1.38. The van der Waals surface area contributed by atoms with E-state index in [0.717, 1.165) is 9.26 Å². The van der Waals surface area contributed by atoms with E-state index in [-0.39, 0.29) is 12.5 Å². The van der Waals surface area contributed by atoms with Gasteiger partial charge < -0.3 is 15.4 Å². The Morgan fingerprint density at radius 3 is 2.50 bits per heavy atom. The summed E-state index contributed by atoms with van der Waals surface area (Å²) in [7, 11) is 1.29. The molecule has 0 saturated carbocycles. The smallest absolute Gasteiger partial charge is 0.328 e. The van der Waals surface area contributed by atoms with Crippen molar-refractivity contribution in [2.75, 3.05) is 19.0 Å². The zero-order chi connectivity index (χ0) is 13.5. The fraction of sp³-hybridized carbons (Fsp3) is 0.333. The van der Waals surface area contributed by atoms with Crippen molar-refractivity contribution in [3.05, 3.63) is 27.8 Å². The molecule has 18 heavy (non-hydrogen) atoms. The molecule has 1 aromatic carbocycles. The molecule has 0 unspecified atom stereocenters. The number of esters is 1. The Morgan fingerprint density at radius 2 is 1.94 bits per heavy atom. The molecule has 0 radical (unpaired) electrons. The number of anilines is 1. The number of amides is 1. The lowest BCUT2D eigenvalue weighted by atomic mass is 10.3. The first-order chi connectivity index (χ1) is 8.52. The van der Waals surface area contributed by atoms with Crippen LogP contribution >= 0.6 is 22.6 Å². The lowest BCUT2D eigenvalue weighted by molar-refractivity contribution is -0.144. The van der Waals surface area contributed by atoms with E-state index in [4.69, 9.17) is 0 Å². The van der Waals surface area contributed by atoms with Crippen LogP contribution < -0.4 is 10.6 Å². The number of carbonyl (C=O) groups excluding carboxylic acids is 2. The zero-order valence-electron chi connectivity index (χ0n) is 10.2. The number of halogens is 1. The van der Waals surface area contributed by atoms with E-state index >= 15 is 0 Å². The Kier molecular flexibility index (Phi) is 5.90. The summed E-state index contributed by atoms with van der Waals surface area (Å²) in [5.41, 5.74) is 0.858. The maximum absolute atomic E-state index is 11.5. The monoisotopic (exact) mass is 362 g/mol. The SMILES string of the molecule is COC(=O)[C@H](C)NC(=O)CNc1ccc(I)cc1. The fourth-order valence-electron chi connectivity index (χ4n) is 1.28. The minimum absolute atomic E-state index is 0.113. The Hall–Kier alpha value is -1.31. The average Bonchev–Trinajstić information content (AvgIpc) is 2.37. The van der Waals surface area contributed by atoms with Crippen LogP contribution in [0.5, 0.6) is 0 Å². The molecule has 0 heterocycles. The van der Waals surface area contributed by atoms with E-state index in [0.29, 0.717) is 0 Å². The summed E-state index contributed by atoms with van der Waals surface area (Å²) < 4.78 is 5.64. The molecule has 1 aromatic rings. The van der Waals surface area contributed by atoms with E-state index in [1.165, 1.54) is 7.11 Å². The van der Waals surface area contributed by atoms with Crippen LogP contribution in [0.15, 0.2) is 24.3 Å². The first-order valence-electron chi connectivity index (χ1n) is 5.39. The van der Waals surface area contributed by atoms with Gasteiger partial charge in [0.05, 0.1) is 13.7 Å². The third-order valence-electron chi connectivity index (χ3n) is 2.23. The van der Waals surface area contributed by atoms with Crippen LogP contribution in [0.2, 0.25) is 0 Å². The maximum atomic E-state index is 11.5. The summed E-state index contributed by atoms with van der Waals surface area (Å²) in [6.45, 7) is 1.69. The van der Waals surface area contributed by atoms with Crippen LogP contribution in [-0.4, -0.2) is 31.6 Å². The highest BCUT2D eigenvalue weighted by Gasteiger charge is 2.15. The number of carbonyl (C=O) groups is 2. The van der Waals surface area contributed by atoms with Gasteiger partial charge in [0.2, 0.25) is 5.91 Å². The third kappa shape index (κ3) is 4.91. The van der Waals surface area contributed by atoms with Crippen LogP contribution in [0, 0.1) is 3.57 Å². The quantitative estimate of drug-likeness (QED) is 0.614. The van der Waals surface area contributed by atoms with E-state index in [1.807, 2.05) is 24.3 Å². The van der Waals surface area contributed by atoms with Gasteiger partial charge in [-0.3, -0.25) is 4.79 Å². The van der Waals surface area contributed by atoms with Crippen molar-refractivity contribution in [3.63, 3.8) is 0 Å². The number of ether oxygens (including phenoxy) is 1. The summed E-state index contributed by atoms with van der Waals surface area (Å²) in [6, 6.07) is 7.02. The molecule has 5 nitrogen and oxygen atoms in total. The summed E-state index contributed by atoms with van der Waals surface area (Å²) in [4.78, 5) is 22.6. The Morgan fingerprint density at radius 1 is 1.33 bits per heavy atom. The van der Waals surface area contributed by atoms with Gasteiger partial charge in [-0.15, -0.1) is 0 Å². The molecule has 1 atom stereocenters. The Labute approximate surface area is 119 Å². The van der Waals surface area contributed by atoms with Gasteiger partial charge in [-0.05, 0) is 53.8 Å². The Balaban J connectivity index is 2.37. The zero-order valence-corrected chi connectivity index (χ0v) is 12.4. The Bertz CT molecular complexity index is 420. The highest BCUT2D eigenvalue weighted by atomic mass is 127. The second-order valence-corrected chi connectivity index (χ2v) is 4.92. The molecular weight excluding hydrogens is 347 g/mol. The van der Waals surface area contributed by atoms with Gasteiger partial charge in [0.25, 0.3) is 0 Å². The number of nitrogens with one attached hydrogen (secondary N) is 2. The molecule has 1 amide bonds. The van der Waals surface area contributed by atoms with Gasteiger partial charge in [-0.25, -0.2) is 4.79 Å². The van der Waals surface area contributed by atoms with Gasteiger partial charge >= 0.3 is 5.97 Å². The van der Waals surface area contributed by atoms with Crippen molar-refractivity contribution in [1.29, 1.82) is 0 Å². The normalized spacial score (nSPS) is 11.5. The summed E-state index contributed by atoms with van der Waals surface area (Å²) in [5.74, 6) is -0.718. The van der Waals surface area contributed by atoms with Gasteiger partial charge in [0.15, 0.2) is 0 Å². The highest BCUT2D eigenvalue weighted by molar-refractivity contribution is 14.1. The van der Waals surface area contributed by atoms with E-state index in [1.54, 1.807) is 6.92 Å². The molecule has 0 aliphatic rings. The molecule has 1 rings (SSSR count). The van der Waals surface area contributed by atoms with Crippen LogP contribution in [0.3, 0.4) is 0 Å². The van der Waals surface area contributed by atoms with Crippen molar-refractivity contribution < 1.29 is 14.3 Å². The molecule has 0 bridgehead atoms. The fourth-order valence-corrected chi connectivity index (χ4v) is 1.64. The average molecular weight is 362 g/mol. The molecule has 0 spiro atoms. The van der Waals surface area contributed by atoms with Crippen LogP contribution in [0.25, 0.3) is 0 Å². The molecule has 0 aliphatic heterocycles. The van der Waals surface area contributed by atoms with Gasteiger partial charge in [0, 0.05) is 9.26 Å². The largest absolute Gasteiger partial charge is 0.467 e. The molecule has 6 heteroatoms. The topological polar surface area (TPSA) is 67.4 Å². The summed E-state index contributed by atoms with van der Waals surface area (Å²) >= 11 is 2.21. The highest BCUT2D eigenvalue weighted by Crippen LogP contribution is 2.10. The molecule has 0 aliphatic carbocycles. The van der Waals surface area contributed by atoms with Crippen molar-refractivity contribution in [1.82, 2.24) is 5.32 Å². The molecule has 98 valence electrons. The number of hydrogen-bond donors (Lipinski definition) is 2. The second-order valence-electron chi connectivity index (χ2n) is 3.67. The number of benzene rings is 1. The first-order valence-corrected chi connectivity index (χ1v) is 6.47. The van der Waals surface area contributed by atoms with Crippen LogP contribution in [0.1, 0.15) is 6.92 Å². The van der Waals surface area contributed by atoms with Gasteiger partial charge in [-0.1, -0.05) is 0 Å². The minimum atomic E-state index is -0.638. The third-order valence-corrected chi connectivity index (χ3v) is 2.95. The lowest BCUT2D eigenvalue weighted by Crippen LogP contribution is -2.41. The first kappa shape index (κ1) is 14.7. The van der Waals surface area contributed by atoms with Crippen molar-refractivity contribution in [2.24, 2.45) is 0 Å². The summed E-state index contributed by atoms with van der Waals surface area (Å²) in [5, 5.41) is 5.50. The van der Waals surface area contributed by atoms with Crippen molar-refractivity contribution in [2.45, 2.75) is 13.0 Å². The number of rotatable bonds is 5. The maximum Gasteiger partial charge on any atom is 0.328 e.